The van der Waals surface area contributed by atoms with Crippen LogP contribution in [0.3, 0.4) is 0 Å². The number of likely N-dealkylation sites (tertiary alicyclic amines) is 1. The summed E-state index contributed by atoms with van der Waals surface area (Å²) < 4.78 is 26.1. The Morgan fingerprint density at radius 3 is 2.79 bits per heavy atom. The number of amides is 2. The molecule has 0 aromatic heterocycles. The Bertz CT molecular complexity index is 705. The molecule has 1 aromatic rings. The van der Waals surface area contributed by atoms with Gasteiger partial charge in [-0.15, -0.1) is 0 Å². The molecule has 0 radical (unpaired) electrons. The van der Waals surface area contributed by atoms with E-state index in [1.807, 2.05) is 6.92 Å². The fourth-order valence-corrected chi connectivity index (χ4v) is 3.15. The van der Waals surface area contributed by atoms with E-state index in [1.165, 1.54) is 11.1 Å². The average molecular weight is 335 g/mol. The highest BCUT2D eigenvalue weighted by atomic mass is 19.2. The predicted octanol–water partition coefficient (Wildman–Crippen LogP) is 2.11. The van der Waals surface area contributed by atoms with E-state index >= 15 is 0 Å². The van der Waals surface area contributed by atoms with Crippen LogP contribution in [0.5, 0.6) is 0 Å². The lowest BCUT2D eigenvalue weighted by Gasteiger charge is -2.24. The van der Waals surface area contributed by atoms with Crippen molar-refractivity contribution < 1.29 is 18.4 Å². The fraction of sp³-hybridized carbons (Fsp3) is 0.471. The van der Waals surface area contributed by atoms with E-state index in [-0.39, 0.29) is 24.3 Å². The maximum absolute atomic E-state index is 13.2. The molecule has 1 unspecified atom stereocenters. The van der Waals surface area contributed by atoms with E-state index < -0.39 is 11.6 Å². The molecule has 2 aliphatic rings. The number of nitrogens with zero attached hydrogens (tertiary/aromatic N) is 3. The lowest BCUT2D eigenvalue weighted by Crippen LogP contribution is -2.43. The van der Waals surface area contributed by atoms with Gasteiger partial charge >= 0.3 is 0 Å². The Morgan fingerprint density at radius 1 is 1.33 bits per heavy atom. The third kappa shape index (κ3) is 3.29. The smallest absolute Gasteiger partial charge is 0.243 e. The summed E-state index contributed by atoms with van der Waals surface area (Å²) in [6.45, 7) is 2.89. The van der Waals surface area contributed by atoms with Gasteiger partial charge in [0.1, 0.15) is 0 Å². The van der Waals surface area contributed by atoms with Crippen LogP contribution < -0.4 is 0 Å². The zero-order valence-electron chi connectivity index (χ0n) is 13.5. The summed E-state index contributed by atoms with van der Waals surface area (Å²) in [6, 6.07) is 3.48. The topological polar surface area (TPSA) is 53.0 Å². The Labute approximate surface area is 138 Å². The van der Waals surface area contributed by atoms with Crippen molar-refractivity contribution in [2.45, 2.75) is 38.6 Å². The first kappa shape index (κ1) is 16.5. The Balaban J connectivity index is 1.58. The molecule has 0 bridgehead atoms. The number of halogens is 2. The van der Waals surface area contributed by atoms with Crippen LogP contribution in [0, 0.1) is 11.6 Å². The van der Waals surface area contributed by atoms with Gasteiger partial charge in [0.25, 0.3) is 0 Å². The van der Waals surface area contributed by atoms with Gasteiger partial charge in [0, 0.05) is 19.4 Å². The third-order valence-corrected chi connectivity index (χ3v) is 4.49. The molecule has 3 rings (SSSR count). The largest absolute Gasteiger partial charge is 0.332 e. The molecule has 2 amide bonds. The van der Waals surface area contributed by atoms with Gasteiger partial charge in [-0.25, -0.2) is 13.8 Å². The first-order valence-corrected chi connectivity index (χ1v) is 8.04. The van der Waals surface area contributed by atoms with Crippen LogP contribution in [0.15, 0.2) is 23.3 Å². The van der Waals surface area contributed by atoms with Crippen LogP contribution in [-0.2, 0) is 16.0 Å². The highest BCUT2D eigenvalue weighted by Gasteiger charge is 2.36. The van der Waals surface area contributed by atoms with Crippen molar-refractivity contribution in [2.24, 2.45) is 5.10 Å². The SMILES string of the molecule is CC1=NN(C(=O)CCc2ccc(F)c(F)c2)CC1N1CCCC1=O. The second-order valence-electron chi connectivity index (χ2n) is 6.17. The number of hydrazone groups is 1. The highest BCUT2D eigenvalue weighted by Crippen LogP contribution is 2.21. The molecule has 0 aliphatic carbocycles. The van der Waals surface area contributed by atoms with Gasteiger partial charge in [-0.1, -0.05) is 6.07 Å². The summed E-state index contributed by atoms with van der Waals surface area (Å²) in [7, 11) is 0. The quantitative estimate of drug-likeness (QED) is 0.846. The molecule has 1 saturated heterocycles. The van der Waals surface area contributed by atoms with Crippen molar-refractivity contribution >= 4 is 17.5 Å². The molecule has 7 heteroatoms. The molecule has 0 spiro atoms. The molecule has 1 aromatic carbocycles. The molecule has 24 heavy (non-hydrogen) atoms. The summed E-state index contributed by atoms with van der Waals surface area (Å²) in [5.74, 6) is -1.90. The molecule has 1 fully saturated rings. The van der Waals surface area contributed by atoms with E-state index in [0.29, 0.717) is 31.5 Å². The van der Waals surface area contributed by atoms with E-state index in [0.717, 1.165) is 24.3 Å². The zero-order valence-corrected chi connectivity index (χ0v) is 13.5. The second-order valence-corrected chi connectivity index (χ2v) is 6.17. The third-order valence-electron chi connectivity index (χ3n) is 4.49. The number of rotatable bonds is 4. The number of carbonyl (C=O) groups excluding carboxylic acids is 2. The first-order chi connectivity index (χ1) is 11.5. The van der Waals surface area contributed by atoms with Gasteiger partial charge in [-0.3, -0.25) is 9.59 Å². The maximum atomic E-state index is 13.2. The van der Waals surface area contributed by atoms with Crippen molar-refractivity contribution in [1.29, 1.82) is 0 Å². The number of carbonyl (C=O) groups is 2. The number of hydrogen-bond donors (Lipinski definition) is 0. The van der Waals surface area contributed by atoms with Gasteiger partial charge in [0.05, 0.1) is 18.3 Å². The van der Waals surface area contributed by atoms with E-state index in [1.54, 1.807) is 4.90 Å². The van der Waals surface area contributed by atoms with Crippen LogP contribution in [0.25, 0.3) is 0 Å². The Kier molecular flexibility index (Phi) is 4.59. The van der Waals surface area contributed by atoms with Crippen molar-refractivity contribution in [3.63, 3.8) is 0 Å². The van der Waals surface area contributed by atoms with Crippen LogP contribution >= 0.6 is 0 Å². The number of aryl methyl sites for hydroxylation is 1. The van der Waals surface area contributed by atoms with E-state index in [2.05, 4.69) is 5.10 Å². The van der Waals surface area contributed by atoms with Crippen molar-refractivity contribution in [1.82, 2.24) is 9.91 Å². The molecule has 5 nitrogen and oxygen atoms in total. The summed E-state index contributed by atoms with van der Waals surface area (Å²) >= 11 is 0. The van der Waals surface area contributed by atoms with E-state index in [9.17, 15) is 18.4 Å². The second kappa shape index (κ2) is 6.67. The zero-order chi connectivity index (χ0) is 17.3. The standard InChI is InChI=1S/C17H19F2N3O2/c1-11-15(21-8-2-3-16(21)23)10-22(20-11)17(24)7-5-12-4-6-13(18)14(19)9-12/h4,6,9,15H,2-3,5,7-8,10H2,1H3. The number of hydrogen-bond acceptors (Lipinski definition) is 3. The minimum absolute atomic E-state index is 0.102. The monoisotopic (exact) mass is 335 g/mol. The maximum Gasteiger partial charge on any atom is 0.243 e. The van der Waals surface area contributed by atoms with Gasteiger partial charge in [-0.05, 0) is 37.5 Å². The molecular formula is C17H19F2N3O2. The molecule has 2 aliphatic heterocycles. The molecule has 2 heterocycles. The van der Waals surface area contributed by atoms with Crippen LogP contribution in [0.4, 0.5) is 8.78 Å². The predicted molar refractivity (Wildman–Crippen MR) is 84.2 cm³/mol. The van der Waals surface area contributed by atoms with Gasteiger partial charge in [0.15, 0.2) is 11.6 Å². The number of benzene rings is 1. The molecule has 0 saturated carbocycles. The molecule has 128 valence electrons. The van der Waals surface area contributed by atoms with Gasteiger partial charge in [-0.2, -0.15) is 5.10 Å². The summed E-state index contributed by atoms with van der Waals surface area (Å²) in [5, 5.41) is 5.65. The minimum Gasteiger partial charge on any atom is -0.332 e. The fourth-order valence-electron chi connectivity index (χ4n) is 3.15. The summed E-state index contributed by atoms with van der Waals surface area (Å²) in [4.78, 5) is 25.9. The van der Waals surface area contributed by atoms with E-state index in [4.69, 9.17) is 0 Å². The van der Waals surface area contributed by atoms with Crippen LogP contribution in [-0.4, -0.2) is 46.6 Å². The minimum atomic E-state index is -0.914. The normalized spacial score (nSPS) is 20.7. The van der Waals surface area contributed by atoms with Gasteiger partial charge in [0.2, 0.25) is 11.8 Å². The molecule has 1 atom stereocenters. The summed E-state index contributed by atoms with van der Waals surface area (Å²) in [6.07, 6.45) is 1.86. The van der Waals surface area contributed by atoms with Crippen molar-refractivity contribution in [2.75, 3.05) is 13.1 Å². The molecular weight excluding hydrogens is 316 g/mol. The average Bonchev–Trinajstić information content (AvgIpc) is 3.13. The van der Waals surface area contributed by atoms with Crippen molar-refractivity contribution in [3.8, 4) is 0 Å². The highest BCUT2D eigenvalue weighted by molar-refractivity contribution is 5.95. The van der Waals surface area contributed by atoms with Crippen LogP contribution in [0.1, 0.15) is 31.7 Å². The van der Waals surface area contributed by atoms with Crippen LogP contribution in [0.2, 0.25) is 0 Å². The Hall–Kier alpha value is -2.31. The Morgan fingerprint density at radius 2 is 2.12 bits per heavy atom. The lowest BCUT2D eigenvalue weighted by atomic mass is 10.1. The molecule has 0 N–H and O–H groups in total. The first-order valence-electron chi connectivity index (χ1n) is 8.04. The van der Waals surface area contributed by atoms with Crippen molar-refractivity contribution in [3.05, 3.63) is 35.4 Å². The summed E-state index contributed by atoms with van der Waals surface area (Å²) in [5.41, 5.74) is 1.32. The van der Waals surface area contributed by atoms with Gasteiger partial charge < -0.3 is 4.90 Å². The lowest BCUT2D eigenvalue weighted by molar-refractivity contribution is -0.133.